The van der Waals surface area contributed by atoms with E-state index in [9.17, 15) is 18.0 Å². The second kappa shape index (κ2) is 6.93. The summed E-state index contributed by atoms with van der Waals surface area (Å²) in [5.41, 5.74) is 5.29. The quantitative estimate of drug-likeness (QED) is 0.713. The zero-order chi connectivity index (χ0) is 16.0. The summed E-state index contributed by atoms with van der Waals surface area (Å²) in [4.78, 5) is 21.4. The molecule has 116 valence electrons. The van der Waals surface area contributed by atoms with Gasteiger partial charge in [0.05, 0.1) is 16.7 Å². The standard InChI is InChI=1S/C12H16N2O6S/c1-2-21(18,19)9-5-3-8(4-6-9)10(14-12(16)17)7-20-11(13)15/h3-6,10,14H,2,7H2,1H3,(H2,13,15)(H,16,17). The lowest BCUT2D eigenvalue weighted by Crippen LogP contribution is -2.31. The molecular formula is C12H16N2O6S. The summed E-state index contributed by atoms with van der Waals surface area (Å²) in [6.45, 7) is 1.24. The van der Waals surface area contributed by atoms with E-state index in [0.29, 0.717) is 5.56 Å². The second-order valence-electron chi connectivity index (χ2n) is 4.10. The number of hydrogen-bond donors (Lipinski definition) is 3. The second-order valence-corrected chi connectivity index (χ2v) is 6.38. The fourth-order valence-electron chi connectivity index (χ4n) is 1.61. The molecule has 1 atom stereocenters. The summed E-state index contributed by atoms with van der Waals surface area (Å²) in [7, 11) is -3.33. The minimum atomic E-state index is -3.33. The van der Waals surface area contributed by atoms with E-state index in [1.54, 1.807) is 0 Å². The Hall–Kier alpha value is -2.29. The van der Waals surface area contributed by atoms with Crippen LogP contribution in [0.3, 0.4) is 0 Å². The van der Waals surface area contributed by atoms with Crippen LogP contribution in [0.5, 0.6) is 0 Å². The van der Waals surface area contributed by atoms with Gasteiger partial charge in [0.1, 0.15) is 6.61 Å². The first kappa shape index (κ1) is 16.8. The largest absolute Gasteiger partial charge is 0.465 e. The highest BCUT2D eigenvalue weighted by molar-refractivity contribution is 7.91. The lowest BCUT2D eigenvalue weighted by atomic mass is 10.1. The summed E-state index contributed by atoms with van der Waals surface area (Å²) < 4.78 is 27.9. The number of sulfone groups is 1. The first-order chi connectivity index (χ1) is 9.76. The maximum atomic E-state index is 11.7. The van der Waals surface area contributed by atoms with E-state index in [-0.39, 0.29) is 17.3 Å². The molecule has 0 fully saturated rings. The topological polar surface area (TPSA) is 136 Å². The fourth-order valence-corrected chi connectivity index (χ4v) is 2.49. The third kappa shape index (κ3) is 4.95. The third-order valence-electron chi connectivity index (χ3n) is 2.71. The number of carbonyl (C=O) groups is 2. The molecule has 1 rings (SSSR count). The highest BCUT2D eigenvalue weighted by atomic mass is 32.2. The van der Waals surface area contributed by atoms with Crippen LogP contribution in [0.25, 0.3) is 0 Å². The van der Waals surface area contributed by atoms with Gasteiger partial charge in [0.2, 0.25) is 0 Å². The summed E-state index contributed by atoms with van der Waals surface area (Å²) in [5, 5.41) is 10.9. The van der Waals surface area contributed by atoms with Gasteiger partial charge in [0.25, 0.3) is 0 Å². The van der Waals surface area contributed by atoms with Crippen molar-refractivity contribution < 1.29 is 27.9 Å². The number of rotatable bonds is 6. The smallest absolute Gasteiger partial charge is 0.405 e. The Morgan fingerprint density at radius 2 is 1.90 bits per heavy atom. The predicted molar refractivity (Wildman–Crippen MR) is 73.6 cm³/mol. The van der Waals surface area contributed by atoms with Crippen molar-refractivity contribution in [3.63, 3.8) is 0 Å². The molecule has 0 aromatic heterocycles. The molecule has 9 heteroatoms. The molecule has 1 unspecified atom stereocenters. The molecule has 0 spiro atoms. The lowest BCUT2D eigenvalue weighted by Gasteiger charge is -2.17. The molecule has 0 saturated heterocycles. The molecule has 0 bridgehead atoms. The van der Waals surface area contributed by atoms with Gasteiger partial charge in [-0.3, -0.25) is 0 Å². The molecule has 1 aromatic carbocycles. The van der Waals surface area contributed by atoms with Crippen molar-refractivity contribution >= 4 is 22.0 Å². The van der Waals surface area contributed by atoms with Crippen molar-refractivity contribution in [2.75, 3.05) is 12.4 Å². The highest BCUT2D eigenvalue weighted by Gasteiger charge is 2.17. The van der Waals surface area contributed by atoms with Crippen LogP contribution in [0.4, 0.5) is 9.59 Å². The van der Waals surface area contributed by atoms with Crippen LogP contribution in [-0.4, -0.2) is 38.1 Å². The first-order valence-electron chi connectivity index (χ1n) is 6.00. The van der Waals surface area contributed by atoms with Crippen LogP contribution in [-0.2, 0) is 14.6 Å². The van der Waals surface area contributed by atoms with Gasteiger partial charge >= 0.3 is 12.2 Å². The number of nitrogens with two attached hydrogens (primary N) is 1. The van der Waals surface area contributed by atoms with Gasteiger partial charge in [-0.25, -0.2) is 18.0 Å². The number of benzene rings is 1. The summed E-state index contributed by atoms with van der Waals surface area (Å²) in [6.07, 6.45) is -2.34. The molecule has 0 saturated carbocycles. The summed E-state index contributed by atoms with van der Waals surface area (Å²) >= 11 is 0. The van der Waals surface area contributed by atoms with E-state index >= 15 is 0 Å². The number of ether oxygens (including phenoxy) is 1. The Morgan fingerprint density at radius 3 is 2.33 bits per heavy atom. The molecule has 1 aromatic rings. The van der Waals surface area contributed by atoms with Crippen LogP contribution in [0.1, 0.15) is 18.5 Å². The van der Waals surface area contributed by atoms with Gasteiger partial charge in [-0.2, -0.15) is 0 Å². The van der Waals surface area contributed by atoms with Gasteiger partial charge in [0, 0.05) is 0 Å². The van der Waals surface area contributed by atoms with Gasteiger partial charge in [0.15, 0.2) is 9.84 Å². The highest BCUT2D eigenvalue weighted by Crippen LogP contribution is 2.18. The van der Waals surface area contributed by atoms with Crippen molar-refractivity contribution in [1.29, 1.82) is 0 Å². The maximum Gasteiger partial charge on any atom is 0.405 e. The first-order valence-corrected chi connectivity index (χ1v) is 7.66. The number of carboxylic acid groups (broad SMARTS) is 1. The number of hydrogen-bond acceptors (Lipinski definition) is 5. The molecule has 8 nitrogen and oxygen atoms in total. The van der Waals surface area contributed by atoms with Crippen LogP contribution in [0.15, 0.2) is 29.2 Å². The fraction of sp³-hybridized carbons (Fsp3) is 0.333. The lowest BCUT2D eigenvalue weighted by molar-refractivity contribution is 0.138. The van der Waals surface area contributed by atoms with Crippen molar-refractivity contribution in [3.8, 4) is 0 Å². The Morgan fingerprint density at radius 1 is 1.33 bits per heavy atom. The van der Waals surface area contributed by atoms with E-state index in [1.807, 2.05) is 0 Å². The van der Waals surface area contributed by atoms with Crippen molar-refractivity contribution in [3.05, 3.63) is 29.8 Å². The van der Waals surface area contributed by atoms with Crippen LogP contribution in [0, 0.1) is 0 Å². The zero-order valence-corrected chi connectivity index (χ0v) is 12.1. The van der Waals surface area contributed by atoms with Crippen molar-refractivity contribution in [1.82, 2.24) is 5.32 Å². The number of nitrogens with one attached hydrogen (secondary N) is 1. The molecule has 2 amide bonds. The maximum absolute atomic E-state index is 11.7. The van der Waals surface area contributed by atoms with Gasteiger partial charge < -0.3 is 20.9 Å². The van der Waals surface area contributed by atoms with Gasteiger partial charge in [-0.15, -0.1) is 0 Å². The van der Waals surface area contributed by atoms with Gasteiger partial charge in [-0.1, -0.05) is 19.1 Å². The molecule has 4 N–H and O–H groups in total. The average Bonchev–Trinajstić information content (AvgIpc) is 2.43. The van der Waals surface area contributed by atoms with Crippen molar-refractivity contribution in [2.24, 2.45) is 5.73 Å². The molecule has 0 heterocycles. The number of primary amides is 1. The van der Waals surface area contributed by atoms with E-state index in [2.05, 4.69) is 10.1 Å². The minimum Gasteiger partial charge on any atom is -0.465 e. The third-order valence-corrected chi connectivity index (χ3v) is 4.46. The average molecular weight is 316 g/mol. The monoisotopic (exact) mass is 316 g/mol. The Bertz CT molecular complexity index is 611. The zero-order valence-electron chi connectivity index (χ0n) is 11.3. The molecule has 0 aliphatic rings. The summed E-state index contributed by atoms with van der Waals surface area (Å²) in [5.74, 6) is -0.0338. The SMILES string of the molecule is CCS(=O)(=O)c1ccc(C(COC(N)=O)NC(=O)O)cc1. The minimum absolute atomic E-state index is 0.0338. The molecular weight excluding hydrogens is 300 g/mol. The molecule has 0 aliphatic carbocycles. The molecule has 0 radical (unpaired) electrons. The van der Waals surface area contributed by atoms with Crippen molar-refractivity contribution in [2.45, 2.75) is 17.9 Å². The predicted octanol–water partition coefficient (Wildman–Crippen LogP) is 0.884. The Balaban J connectivity index is 2.97. The Kier molecular flexibility index (Phi) is 5.53. The van der Waals surface area contributed by atoms with Crippen LogP contribution in [0.2, 0.25) is 0 Å². The van der Waals surface area contributed by atoms with E-state index in [0.717, 1.165) is 0 Å². The molecule has 0 aliphatic heterocycles. The van der Waals surface area contributed by atoms with Crippen LogP contribution >= 0.6 is 0 Å². The normalized spacial score (nSPS) is 12.4. The Labute approximate surface area is 121 Å². The number of carbonyl (C=O) groups excluding carboxylic acids is 1. The molecule has 21 heavy (non-hydrogen) atoms. The van der Waals surface area contributed by atoms with Gasteiger partial charge in [-0.05, 0) is 17.7 Å². The van der Waals surface area contributed by atoms with E-state index in [4.69, 9.17) is 10.8 Å². The van der Waals surface area contributed by atoms with E-state index < -0.39 is 28.1 Å². The van der Waals surface area contributed by atoms with Crippen LogP contribution < -0.4 is 11.1 Å². The summed E-state index contributed by atoms with van der Waals surface area (Å²) in [6, 6.07) is 4.80. The number of amides is 2. The van der Waals surface area contributed by atoms with E-state index in [1.165, 1.54) is 31.2 Å².